The Bertz CT molecular complexity index is 578. The van der Waals surface area contributed by atoms with Crippen molar-refractivity contribution in [1.29, 1.82) is 0 Å². The predicted molar refractivity (Wildman–Crippen MR) is 112 cm³/mol. The molecule has 1 aromatic rings. The van der Waals surface area contributed by atoms with Crippen LogP contribution in [0.15, 0.2) is 29.3 Å². The van der Waals surface area contributed by atoms with Gasteiger partial charge in [-0.2, -0.15) is 0 Å². The van der Waals surface area contributed by atoms with E-state index in [0.29, 0.717) is 32.2 Å². The molecule has 1 heterocycles. The molecular formula is C17H26ClIN4O2. The van der Waals surface area contributed by atoms with Gasteiger partial charge in [-0.25, -0.2) is 4.79 Å². The molecule has 0 aliphatic carbocycles. The number of piperidine rings is 1. The van der Waals surface area contributed by atoms with Crippen LogP contribution in [0.4, 0.5) is 4.79 Å². The monoisotopic (exact) mass is 480 g/mol. The normalized spacial score (nSPS) is 15.4. The van der Waals surface area contributed by atoms with Gasteiger partial charge in [-0.15, -0.1) is 24.0 Å². The van der Waals surface area contributed by atoms with Gasteiger partial charge in [0, 0.05) is 30.7 Å². The van der Waals surface area contributed by atoms with E-state index in [-0.39, 0.29) is 36.1 Å². The molecule has 1 aromatic carbocycles. The number of likely N-dealkylation sites (tertiary alicyclic amines) is 1. The summed E-state index contributed by atoms with van der Waals surface area (Å²) in [7, 11) is 0. The summed E-state index contributed by atoms with van der Waals surface area (Å²) in [5, 5.41) is 3.98. The molecule has 140 valence electrons. The molecule has 0 atom stereocenters. The summed E-state index contributed by atoms with van der Waals surface area (Å²) in [5.74, 6) is 0.441. The van der Waals surface area contributed by atoms with E-state index in [1.165, 1.54) is 0 Å². The van der Waals surface area contributed by atoms with Crippen molar-refractivity contribution in [3.05, 3.63) is 34.9 Å². The molecule has 0 saturated carbocycles. The van der Waals surface area contributed by atoms with E-state index in [9.17, 15) is 4.79 Å². The third-order valence-electron chi connectivity index (χ3n) is 3.99. The Morgan fingerprint density at radius 3 is 2.72 bits per heavy atom. The lowest BCUT2D eigenvalue weighted by molar-refractivity contribution is 0.0963. The number of hydrogen-bond donors (Lipinski definition) is 2. The third-order valence-corrected chi connectivity index (χ3v) is 4.36. The quantitative estimate of drug-likeness (QED) is 0.386. The van der Waals surface area contributed by atoms with Crippen molar-refractivity contribution in [3.63, 3.8) is 0 Å². The minimum Gasteiger partial charge on any atom is -0.450 e. The molecule has 0 bridgehead atoms. The van der Waals surface area contributed by atoms with Gasteiger partial charge in [0.05, 0.1) is 6.61 Å². The Labute approximate surface area is 171 Å². The summed E-state index contributed by atoms with van der Waals surface area (Å²) in [5.41, 5.74) is 7.02. The number of halogens is 2. The van der Waals surface area contributed by atoms with E-state index in [1.54, 1.807) is 4.90 Å². The number of hydrogen-bond acceptors (Lipinski definition) is 3. The topological polar surface area (TPSA) is 80.0 Å². The van der Waals surface area contributed by atoms with Crippen LogP contribution in [0.1, 0.15) is 25.3 Å². The Morgan fingerprint density at radius 1 is 1.40 bits per heavy atom. The molecule has 1 aliphatic heterocycles. The predicted octanol–water partition coefficient (Wildman–Crippen LogP) is 3.03. The molecule has 6 nitrogen and oxygen atoms in total. The summed E-state index contributed by atoms with van der Waals surface area (Å²) in [6, 6.07) is 7.98. The van der Waals surface area contributed by atoms with Gasteiger partial charge in [-0.05, 0) is 37.8 Å². The zero-order chi connectivity index (χ0) is 17.4. The highest BCUT2D eigenvalue weighted by Gasteiger charge is 2.23. The first-order valence-electron chi connectivity index (χ1n) is 8.31. The number of nitrogens with two attached hydrogens (primary N) is 1. The van der Waals surface area contributed by atoms with Crippen molar-refractivity contribution in [2.24, 2.45) is 10.7 Å². The fraction of sp³-hybridized carbons (Fsp3) is 0.529. The molecular weight excluding hydrogens is 455 g/mol. The van der Waals surface area contributed by atoms with Crippen LogP contribution >= 0.6 is 35.6 Å². The fourth-order valence-corrected chi connectivity index (χ4v) is 2.90. The lowest BCUT2D eigenvalue weighted by Crippen LogP contribution is -2.48. The number of nitrogens with one attached hydrogen (secondary N) is 1. The van der Waals surface area contributed by atoms with E-state index in [0.717, 1.165) is 29.8 Å². The van der Waals surface area contributed by atoms with Crippen LogP contribution in [-0.2, 0) is 11.2 Å². The van der Waals surface area contributed by atoms with E-state index in [1.807, 2.05) is 31.2 Å². The van der Waals surface area contributed by atoms with Crippen molar-refractivity contribution in [1.82, 2.24) is 10.2 Å². The molecule has 1 saturated heterocycles. The van der Waals surface area contributed by atoms with Gasteiger partial charge in [0.15, 0.2) is 5.96 Å². The van der Waals surface area contributed by atoms with Crippen molar-refractivity contribution in [2.75, 3.05) is 26.2 Å². The highest BCUT2D eigenvalue weighted by molar-refractivity contribution is 14.0. The second-order valence-electron chi connectivity index (χ2n) is 5.71. The van der Waals surface area contributed by atoms with Gasteiger partial charge >= 0.3 is 6.09 Å². The molecule has 25 heavy (non-hydrogen) atoms. The van der Waals surface area contributed by atoms with Crippen molar-refractivity contribution >= 4 is 47.6 Å². The van der Waals surface area contributed by atoms with Gasteiger partial charge in [-0.1, -0.05) is 29.8 Å². The molecule has 0 radical (unpaired) electrons. The second-order valence-corrected chi connectivity index (χ2v) is 6.12. The average Bonchev–Trinajstić information content (AvgIpc) is 2.57. The van der Waals surface area contributed by atoms with Gasteiger partial charge in [0.25, 0.3) is 0 Å². The highest BCUT2D eigenvalue weighted by atomic mass is 127. The van der Waals surface area contributed by atoms with E-state index in [2.05, 4.69) is 10.3 Å². The summed E-state index contributed by atoms with van der Waals surface area (Å²) in [4.78, 5) is 17.7. The van der Waals surface area contributed by atoms with Crippen LogP contribution in [0.2, 0.25) is 5.02 Å². The molecule has 2 rings (SSSR count). The number of carbonyl (C=O) groups excluding carboxylic acids is 1. The van der Waals surface area contributed by atoms with E-state index < -0.39 is 0 Å². The molecule has 8 heteroatoms. The van der Waals surface area contributed by atoms with Gasteiger partial charge in [0.1, 0.15) is 0 Å². The molecule has 1 aliphatic rings. The summed E-state index contributed by atoms with van der Waals surface area (Å²) >= 11 is 6.12. The SMILES string of the molecule is CCOC(=O)N1CCC(NC(N)=NCCc2ccccc2Cl)CC1.I. The van der Waals surface area contributed by atoms with Crippen molar-refractivity contribution in [2.45, 2.75) is 32.2 Å². The largest absolute Gasteiger partial charge is 0.450 e. The number of guanidine groups is 1. The average molecular weight is 481 g/mol. The fourth-order valence-electron chi connectivity index (χ4n) is 2.67. The highest BCUT2D eigenvalue weighted by Crippen LogP contribution is 2.15. The Hall–Kier alpha value is -1.22. The molecule has 1 fully saturated rings. The number of ether oxygens (including phenoxy) is 1. The Kier molecular flexibility index (Phi) is 9.96. The van der Waals surface area contributed by atoms with Crippen LogP contribution in [0, 0.1) is 0 Å². The standard InChI is InChI=1S/C17H25ClN4O2.HI/c1-2-24-17(23)22-11-8-14(9-12-22)21-16(19)20-10-7-13-5-3-4-6-15(13)18;/h3-6,14H,2,7-12H2,1H3,(H3,19,20,21);1H. The zero-order valence-electron chi connectivity index (χ0n) is 14.4. The number of aliphatic imine (C=N–C) groups is 1. The molecule has 0 spiro atoms. The first kappa shape index (κ1) is 21.8. The smallest absolute Gasteiger partial charge is 0.409 e. The van der Waals surface area contributed by atoms with Crippen LogP contribution in [0.5, 0.6) is 0 Å². The lowest BCUT2D eigenvalue weighted by atomic mass is 10.1. The third kappa shape index (κ3) is 7.27. The van der Waals surface area contributed by atoms with Crippen molar-refractivity contribution in [3.8, 4) is 0 Å². The summed E-state index contributed by atoms with van der Waals surface area (Å²) in [6.07, 6.45) is 2.18. The van der Waals surface area contributed by atoms with E-state index in [4.69, 9.17) is 22.1 Å². The molecule has 0 aromatic heterocycles. The van der Waals surface area contributed by atoms with Crippen molar-refractivity contribution < 1.29 is 9.53 Å². The van der Waals surface area contributed by atoms with Crippen LogP contribution in [-0.4, -0.2) is 49.2 Å². The molecule has 3 N–H and O–H groups in total. The Balaban J connectivity index is 0.00000312. The number of nitrogens with zero attached hydrogens (tertiary/aromatic N) is 2. The maximum Gasteiger partial charge on any atom is 0.409 e. The van der Waals surface area contributed by atoms with Gasteiger partial charge in [-0.3, -0.25) is 4.99 Å². The van der Waals surface area contributed by atoms with Crippen LogP contribution in [0.3, 0.4) is 0 Å². The second kappa shape index (κ2) is 11.4. The minimum atomic E-state index is -0.239. The van der Waals surface area contributed by atoms with Crippen LogP contribution in [0.25, 0.3) is 0 Å². The molecule has 0 unspecified atom stereocenters. The lowest BCUT2D eigenvalue weighted by Gasteiger charge is -2.31. The number of carbonyl (C=O) groups is 1. The van der Waals surface area contributed by atoms with E-state index >= 15 is 0 Å². The maximum atomic E-state index is 11.7. The number of amides is 1. The summed E-state index contributed by atoms with van der Waals surface area (Å²) < 4.78 is 5.01. The Morgan fingerprint density at radius 2 is 2.08 bits per heavy atom. The maximum absolute atomic E-state index is 11.7. The number of rotatable bonds is 5. The number of benzene rings is 1. The van der Waals surface area contributed by atoms with Crippen LogP contribution < -0.4 is 11.1 Å². The first-order chi connectivity index (χ1) is 11.6. The first-order valence-corrected chi connectivity index (χ1v) is 8.69. The summed E-state index contributed by atoms with van der Waals surface area (Å²) in [6.45, 7) is 4.14. The zero-order valence-corrected chi connectivity index (χ0v) is 17.5. The van der Waals surface area contributed by atoms with Gasteiger partial charge < -0.3 is 20.7 Å². The molecule has 1 amide bonds. The minimum absolute atomic E-state index is 0. The van der Waals surface area contributed by atoms with Gasteiger partial charge in [0.2, 0.25) is 0 Å².